The van der Waals surface area contributed by atoms with E-state index in [0.717, 1.165) is 38.5 Å². The van der Waals surface area contributed by atoms with Gasteiger partial charge in [-0.3, -0.25) is 4.79 Å². The van der Waals surface area contributed by atoms with Gasteiger partial charge in [0.1, 0.15) is 5.60 Å². The highest BCUT2D eigenvalue weighted by Crippen LogP contribution is 2.26. The molecule has 0 saturated heterocycles. The summed E-state index contributed by atoms with van der Waals surface area (Å²) in [7, 11) is 0. The molecule has 0 aromatic carbocycles. The molecule has 0 unspecified atom stereocenters. The molecule has 26 heavy (non-hydrogen) atoms. The van der Waals surface area contributed by atoms with Crippen LogP contribution in [-0.4, -0.2) is 27.7 Å². The molecule has 0 saturated carbocycles. The third-order valence-electron chi connectivity index (χ3n) is 5.04. The van der Waals surface area contributed by atoms with E-state index in [1.807, 2.05) is 0 Å². The van der Waals surface area contributed by atoms with E-state index in [2.05, 4.69) is 18.1 Å². The van der Waals surface area contributed by atoms with Crippen molar-refractivity contribution in [3.05, 3.63) is 24.3 Å². The van der Waals surface area contributed by atoms with Crippen LogP contribution in [0.25, 0.3) is 0 Å². The summed E-state index contributed by atoms with van der Waals surface area (Å²) in [6.45, 7) is 0. The Kier molecular flexibility index (Phi) is 12.0. The van der Waals surface area contributed by atoms with E-state index in [1.54, 1.807) is 0 Å². The monoisotopic (exact) mass is 360 g/mol. The van der Waals surface area contributed by atoms with Crippen LogP contribution >= 0.6 is 0 Å². The second-order valence-electron chi connectivity index (χ2n) is 7.46. The highest BCUT2D eigenvalue weighted by molar-refractivity contribution is 5.97. The van der Waals surface area contributed by atoms with Crippen LogP contribution in [-0.2, 0) is 4.79 Å². The molecular formula is C23H36O3. The molecule has 0 spiro atoms. The van der Waals surface area contributed by atoms with Crippen LogP contribution < -0.4 is 0 Å². The van der Waals surface area contributed by atoms with E-state index in [4.69, 9.17) is 6.42 Å². The maximum absolute atomic E-state index is 11.8. The topological polar surface area (TPSA) is 57.5 Å². The number of terminal acetylenes is 1. The van der Waals surface area contributed by atoms with Crippen LogP contribution in [0, 0.1) is 12.3 Å². The van der Waals surface area contributed by atoms with Crippen molar-refractivity contribution < 1.29 is 15.0 Å². The number of carbonyl (C=O) groups excluding carboxylic acids is 1. The van der Waals surface area contributed by atoms with Crippen LogP contribution in [0.15, 0.2) is 24.3 Å². The zero-order chi connectivity index (χ0) is 19.1. The molecule has 0 bridgehead atoms. The summed E-state index contributed by atoms with van der Waals surface area (Å²) in [5.41, 5.74) is -1.35. The van der Waals surface area contributed by atoms with E-state index in [0.29, 0.717) is 6.42 Å². The molecule has 3 nitrogen and oxygen atoms in total. The first-order chi connectivity index (χ1) is 12.6. The Morgan fingerprint density at radius 3 is 2.27 bits per heavy atom. The van der Waals surface area contributed by atoms with Gasteiger partial charge in [-0.25, -0.2) is 0 Å². The van der Waals surface area contributed by atoms with E-state index in [1.165, 1.54) is 50.7 Å². The van der Waals surface area contributed by atoms with Gasteiger partial charge in [-0.2, -0.15) is 0 Å². The minimum Gasteiger partial charge on any atom is -0.389 e. The van der Waals surface area contributed by atoms with Gasteiger partial charge in [-0.1, -0.05) is 56.8 Å². The van der Waals surface area contributed by atoms with Gasteiger partial charge in [-0.05, 0) is 44.6 Å². The Hall–Kier alpha value is -1.37. The Morgan fingerprint density at radius 1 is 1.04 bits per heavy atom. The molecule has 2 N–H and O–H groups in total. The van der Waals surface area contributed by atoms with Crippen molar-refractivity contribution >= 4 is 5.78 Å². The first-order valence-electron chi connectivity index (χ1n) is 10.3. The van der Waals surface area contributed by atoms with Crippen LogP contribution in [0.4, 0.5) is 0 Å². The molecule has 3 heteroatoms. The van der Waals surface area contributed by atoms with Crippen molar-refractivity contribution in [1.82, 2.24) is 0 Å². The minimum atomic E-state index is -1.35. The normalized spacial score (nSPS) is 22.8. The van der Waals surface area contributed by atoms with Crippen molar-refractivity contribution in [1.29, 1.82) is 0 Å². The third kappa shape index (κ3) is 9.94. The Labute approximate surface area is 159 Å². The van der Waals surface area contributed by atoms with Gasteiger partial charge in [0.2, 0.25) is 0 Å². The predicted octanol–water partition coefficient (Wildman–Crippen LogP) is 4.87. The van der Waals surface area contributed by atoms with E-state index in [-0.39, 0.29) is 12.2 Å². The van der Waals surface area contributed by atoms with Gasteiger partial charge in [0, 0.05) is 12.8 Å². The SMILES string of the molecule is C#CCCCCCC/C=C\CCCCCCC[C@@]1(O)C[C@@H](O)C=CC1=O. The summed E-state index contributed by atoms with van der Waals surface area (Å²) in [5.74, 6) is 2.42. The molecule has 0 aromatic rings. The van der Waals surface area contributed by atoms with Crippen molar-refractivity contribution in [3.63, 3.8) is 0 Å². The lowest BCUT2D eigenvalue weighted by Gasteiger charge is -2.29. The Bertz CT molecular complexity index is 486. The van der Waals surface area contributed by atoms with E-state index < -0.39 is 11.7 Å². The van der Waals surface area contributed by atoms with Gasteiger partial charge in [0.25, 0.3) is 0 Å². The molecule has 146 valence electrons. The second kappa shape index (κ2) is 13.8. The van der Waals surface area contributed by atoms with Gasteiger partial charge >= 0.3 is 0 Å². The lowest BCUT2D eigenvalue weighted by Crippen LogP contribution is -2.43. The maximum atomic E-state index is 11.8. The van der Waals surface area contributed by atoms with Crippen molar-refractivity contribution in [2.75, 3.05) is 0 Å². The molecular weight excluding hydrogens is 324 g/mol. The highest BCUT2D eigenvalue weighted by Gasteiger charge is 2.37. The number of aliphatic hydroxyl groups excluding tert-OH is 1. The quantitative estimate of drug-likeness (QED) is 0.264. The summed E-state index contributed by atoms with van der Waals surface area (Å²) in [6.07, 6.45) is 26.0. The van der Waals surface area contributed by atoms with Crippen molar-refractivity contribution in [2.24, 2.45) is 0 Å². The number of allylic oxidation sites excluding steroid dienone is 2. The number of hydrogen-bond donors (Lipinski definition) is 2. The number of aliphatic hydroxyl groups is 2. The summed E-state index contributed by atoms with van der Waals surface area (Å²) >= 11 is 0. The van der Waals surface area contributed by atoms with Gasteiger partial charge in [-0.15, -0.1) is 12.3 Å². The lowest BCUT2D eigenvalue weighted by molar-refractivity contribution is -0.137. The molecule has 0 radical (unpaired) electrons. The standard InChI is InChI=1S/C23H36O3/c1-2-3-4-5-6-7-8-9-10-11-12-13-14-15-16-19-23(26)20-21(24)17-18-22(23)25/h1,9-10,17-18,21,24,26H,3-8,11-16,19-20H2/b10-9-/t21-,23+/m0/s1. The largest absolute Gasteiger partial charge is 0.389 e. The predicted molar refractivity (Wildman–Crippen MR) is 108 cm³/mol. The van der Waals surface area contributed by atoms with Crippen LogP contribution in [0.5, 0.6) is 0 Å². The smallest absolute Gasteiger partial charge is 0.187 e. The summed E-state index contributed by atoms with van der Waals surface area (Å²) in [6, 6.07) is 0. The van der Waals surface area contributed by atoms with Crippen LogP contribution in [0.2, 0.25) is 0 Å². The highest BCUT2D eigenvalue weighted by atomic mass is 16.3. The van der Waals surface area contributed by atoms with Crippen LogP contribution in [0.1, 0.15) is 89.9 Å². The average molecular weight is 361 g/mol. The molecule has 1 aliphatic rings. The molecule has 0 fully saturated rings. The van der Waals surface area contributed by atoms with Gasteiger partial charge < -0.3 is 10.2 Å². The van der Waals surface area contributed by atoms with Crippen molar-refractivity contribution in [2.45, 2.75) is 102 Å². The first-order valence-corrected chi connectivity index (χ1v) is 10.3. The van der Waals surface area contributed by atoms with Gasteiger partial charge in [0.05, 0.1) is 6.10 Å². The Balaban J connectivity index is 1.92. The fourth-order valence-electron chi connectivity index (χ4n) is 3.38. The molecule has 1 rings (SSSR count). The molecule has 2 atom stereocenters. The number of unbranched alkanes of at least 4 members (excludes halogenated alkanes) is 10. The molecule has 0 aromatic heterocycles. The van der Waals surface area contributed by atoms with E-state index in [9.17, 15) is 15.0 Å². The summed E-state index contributed by atoms with van der Waals surface area (Å²) in [5, 5.41) is 19.9. The minimum absolute atomic E-state index is 0.136. The zero-order valence-electron chi connectivity index (χ0n) is 16.2. The number of ketones is 1. The summed E-state index contributed by atoms with van der Waals surface area (Å²) < 4.78 is 0. The first kappa shape index (κ1) is 22.7. The van der Waals surface area contributed by atoms with Crippen LogP contribution in [0.3, 0.4) is 0 Å². The molecule has 0 aliphatic heterocycles. The molecule has 1 aliphatic carbocycles. The number of hydrogen-bond acceptors (Lipinski definition) is 3. The Morgan fingerprint density at radius 2 is 1.62 bits per heavy atom. The maximum Gasteiger partial charge on any atom is 0.187 e. The zero-order valence-corrected chi connectivity index (χ0v) is 16.2. The second-order valence-corrected chi connectivity index (χ2v) is 7.46. The third-order valence-corrected chi connectivity index (χ3v) is 5.04. The van der Waals surface area contributed by atoms with E-state index >= 15 is 0 Å². The fourth-order valence-corrected chi connectivity index (χ4v) is 3.38. The summed E-state index contributed by atoms with van der Waals surface area (Å²) in [4.78, 5) is 11.8. The van der Waals surface area contributed by atoms with Gasteiger partial charge in [0.15, 0.2) is 5.78 Å². The molecule has 0 heterocycles. The van der Waals surface area contributed by atoms with Crippen molar-refractivity contribution in [3.8, 4) is 12.3 Å². The lowest BCUT2D eigenvalue weighted by atomic mass is 9.82. The fraction of sp³-hybridized carbons (Fsp3) is 0.696. The number of carbonyl (C=O) groups is 1. The molecule has 0 amide bonds. The average Bonchev–Trinajstić information content (AvgIpc) is 2.62. The number of rotatable bonds is 14.